The normalized spacial score (nSPS) is 14.2. The number of anilines is 1. The molecule has 0 spiro atoms. The van der Waals surface area contributed by atoms with Gasteiger partial charge in [-0.15, -0.1) is 0 Å². The highest BCUT2D eigenvalue weighted by Crippen LogP contribution is 2.38. The molecule has 11 heteroatoms. The summed E-state index contributed by atoms with van der Waals surface area (Å²) in [6.45, 7) is 2.66. The fraction of sp³-hybridized carbons (Fsp3) is 0.207. The minimum Gasteiger partial charge on any atom is -0.497 e. The van der Waals surface area contributed by atoms with Gasteiger partial charge in [0.05, 0.1) is 31.0 Å². The fourth-order valence-corrected chi connectivity index (χ4v) is 4.43. The first-order valence-electron chi connectivity index (χ1n) is 12.3. The van der Waals surface area contributed by atoms with Gasteiger partial charge in [0.25, 0.3) is 11.8 Å². The summed E-state index contributed by atoms with van der Waals surface area (Å²) in [5.74, 6) is 1.16. The van der Waals surface area contributed by atoms with Crippen molar-refractivity contribution in [3.8, 4) is 28.7 Å². The van der Waals surface area contributed by atoms with Gasteiger partial charge in [-0.2, -0.15) is 0 Å². The zero-order valence-electron chi connectivity index (χ0n) is 22.1. The van der Waals surface area contributed by atoms with E-state index in [4.69, 9.17) is 23.7 Å². The summed E-state index contributed by atoms with van der Waals surface area (Å²) in [5.41, 5.74) is 0.556. The topological polar surface area (TPSA) is 113 Å². The van der Waals surface area contributed by atoms with Gasteiger partial charge in [-0.3, -0.25) is 14.9 Å². The van der Waals surface area contributed by atoms with Crippen LogP contribution in [0.1, 0.15) is 12.5 Å². The second kappa shape index (κ2) is 13.0. The molecule has 1 aliphatic heterocycles. The van der Waals surface area contributed by atoms with Crippen molar-refractivity contribution in [2.24, 2.45) is 0 Å². The molecule has 0 bridgehead atoms. The Bertz CT molecular complexity index is 1440. The number of nitrogens with one attached hydrogen (secondary N) is 1. The molecule has 0 saturated carbocycles. The van der Waals surface area contributed by atoms with Gasteiger partial charge in [-0.1, -0.05) is 6.07 Å². The first kappa shape index (κ1) is 28.5. The molecule has 1 N–H and O–H groups in total. The van der Waals surface area contributed by atoms with Crippen molar-refractivity contribution in [1.29, 1.82) is 0 Å². The number of hydrogen-bond acceptors (Lipinski definition) is 8. The third kappa shape index (κ3) is 6.55. The minimum atomic E-state index is -0.839. The monoisotopic (exact) mass is 610 g/mol. The molecular weight excluding hydrogens is 584 g/mol. The molecule has 1 fully saturated rings. The molecule has 1 heterocycles. The Kier molecular flexibility index (Phi) is 9.28. The maximum absolute atomic E-state index is 13.3. The lowest BCUT2D eigenvalue weighted by Crippen LogP contribution is -2.54. The predicted octanol–water partition coefficient (Wildman–Crippen LogP) is 4.99. The van der Waals surface area contributed by atoms with Gasteiger partial charge >= 0.3 is 6.03 Å². The molecule has 3 aromatic rings. The lowest BCUT2D eigenvalue weighted by Gasteiger charge is -2.26. The van der Waals surface area contributed by atoms with Crippen molar-refractivity contribution in [2.75, 3.05) is 38.9 Å². The lowest BCUT2D eigenvalue weighted by atomic mass is 10.1. The van der Waals surface area contributed by atoms with E-state index in [9.17, 15) is 14.4 Å². The number of halogens is 1. The van der Waals surface area contributed by atoms with E-state index in [0.717, 1.165) is 4.90 Å². The molecule has 4 rings (SSSR count). The van der Waals surface area contributed by atoms with Crippen LogP contribution in [0.15, 0.2) is 70.7 Å². The molecule has 208 valence electrons. The van der Waals surface area contributed by atoms with Crippen molar-refractivity contribution in [2.45, 2.75) is 6.92 Å². The summed E-state index contributed by atoms with van der Waals surface area (Å²) in [4.78, 5) is 39.3. The maximum Gasteiger partial charge on any atom is 0.335 e. The Hall–Kier alpha value is -4.51. The number of carbonyl (C=O) groups is 3. The predicted molar refractivity (Wildman–Crippen MR) is 151 cm³/mol. The first-order valence-corrected chi connectivity index (χ1v) is 13.1. The van der Waals surface area contributed by atoms with E-state index in [2.05, 4.69) is 21.2 Å². The molecular formula is C29H27BrN2O8. The molecule has 0 aliphatic carbocycles. The van der Waals surface area contributed by atoms with Crippen LogP contribution in [0.4, 0.5) is 10.5 Å². The Labute approximate surface area is 239 Å². The van der Waals surface area contributed by atoms with E-state index < -0.39 is 17.8 Å². The second-order valence-electron chi connectivity index (χ2n) is 8.29. The van der Waals surface area contributed by atoms with Crippen molar-refractivity contribution < 1.29 is 38.1 Å². The van der Waals surface area contributed by atoms with Gasteiger partial charge < -0.3 is 23.7 Å². The standard InChI is InChI=1S/C29H27BrN2O8/c1-4-38-25-16-18(15-24(30)26(25)40-13-12-39-22-7-5-6-21(17-22)37-3)14-23-27(33)31-29(35)32(28(23)34)19-8-10-20(36-2)11-9-19/h5-11,14-17H,4,12-13H2,1-3H3,(H,31,33,35)/b23-14-. The molecule has 0 aromatic heterocycles. The molecule has 0 radical (unpaired) electrons. The minimum absolute atomic E-state index is 0.217. The van der Waals surface area contributed by atoms with Crippen LogP contribution in [0.25, 0.3) is 6.08 Å². The first-order chi connectivity index (χ1) is 19.3. The molecule has 3 aromatic carbocycles. The number of urea groups is 1. The SMILES string of the molecule is CCOc1cc(/C=C2/C(=O)NC(=O)N(c3ccc(OC)cc3)C2=O)cc(Br)c1OCCOc1cccc(OC)c1. The molecule has 1 aliphatic rings. The van der Waals surface area contributed by atoms with Gasteiger partial charge in [0, 0.05) is 6.07 Å². The lowest BCUT2D eigenvalue weighted by molar-refractivity contribution is -0.122. The van der Waals surface area contributed by atoms with E-state index in [1.165, 1.54) is 13.2 Å². The molecule has 10 nitrogen and oxygen atoms in total. The average molecular weight is 611 g/mol. The van der Waals surface area contributed by atoms with Crippen LogP contribution in [-0.4, -0.2) is 51.9 Å². The third-order valence-electron chi connectivity index (χ3n) is 5.71. The number of benzene rings is 3. The average Bonchev–Trinajstić information content (AvgIpc) is 2.95. The highest BCUT2D eigenvalue weighted by Gasteiger charge is 2.37. The van der Waals surface area contributed by atoms with Crippen molar-refractivity contribution in [3.05, 3.63) is 76.3 Å². The van der Waals surface area contributed by atoms with Crippen LogP contribution in [0, 0.1) is 0 Å². The van der Waals surface area contributed by atoms with Crippen LogP contribution >= 0.6 is 15.9 Å². The second-order valence-corrected chi connectivity index (χ2v) is 9.15. The maximum atomic E-state index is 13.3. The van der Waals surface area contributed by atoms with Gasteiger partial charge in [0.15, 0.2) is 11.5 Å². The molecule has 40 heavy (non-hydrogen) atoms. The van der Waals surface area contributed by atoms with Gasteiger partial charge in [-0.25, -0.2) is 9.69 Å². The number of rotatable bonds is 11. The number of carbonyl (C=O) groups excluding carboxylic acids is 3. The van der Waals surface area contributed by atoms with Gasteiger partial charge in [0.2, 0.25) is 0 Å². The van der Waals surface area contributed by atoms with Crippen molar-refractivity contribution in [3.63, 3.8) is 0 Å². The largest absolute Gasteiger partial charge is 0.497 e. The van der Waals surface area contributed by atoms with Crippen LogP contribution < -0.4 is 33.9 Å². The van der Waals surface area contributed by atoms with Crippen molar-refractivity contribution in [1.82, 2.24) is 5.32 Å². The third-order valence-corrected chi connectivity index (χ3v) is 6.30. The van der Waals surface area contributed by atoms with Crippen LogP contribution in [0.2, 0.25) is 0 Å². The van der Waals surface area contributed by atoms with E-state index >= 15 is 0 Å². The van der Waals surface area contributed by atoms with E-state index in [1.54, 1.807) is 49.6 Å². The Morgan fingerprint density at radius 1 is 0.850 bits per heavy atom. The summed E-state index contributed by atoms with van der Waals surface area (Å²) in [6.07, 6.45) is 1.39. The number of imide groups is 2. The van der Waals surface area contributed by atoms with E-state index in [-0.39, 0.29) is 24.5 Å². The smallest absolute Gasteiger partial charge is 0.335 e. The zero-order chi connectivity index (χ0) is 28.6. The van der Waals surface area contributed by atoms with E-state index in [0.29, 0.717) is 45.4 Å². The highest BCUT2D eigenvalue weighted by atomic mass is 79.9. The summed E-state index contributed by atoms with van der Waals surface area (Å²) in [5, 5.41) is 2.22. The fourth-order valence-electron chi connectivity index (χ4n) is 3.86. The number of hydrogen-bond donors (Lipinski definition) is 1. The quantitative estimate of drug-likeness (QED) is 0.184. The van der Waals surface area contributed by atoms with Crippen molar-refractivity contribution >= 4 is 45.5 Å². The van der Waals surface area contributed by atoms with Crippen LogP contribution in [0.5, 0.6) is 28.7 Å². The zero-order valence-corrected chi connectivity index (χ0v) is 23.6. The Morgan fingerprint density at radius 2 is 1.55 bits per heavy atom. The molecule has 0 unspecified atom stereocenters. The highest BCUT2D eigenvalue weighted by molar-refractivity contribution is 9.10. The number of ether oxygens (including phenoxy) is 5. The van der Waals surface area contributed by atoms with Crippen LogP contribution in [-0.2, 0) is 9.59 Å². The summed E-state index contributed by atoms with van der Waals surface area (Å²) in [6, 6.07) is 16.1. The number of methoxy groups -OCH3 is 2. The summed E-state index contributed by atoms with van der Waals surface area (Å²) < 4.78 is 28.3. The van der Waals surface area contributed by atoms with Gasteiger partial charge in [0.1, 0.15) is 36.0 Å². The summed E-state index contributed by atoms with van der Waals surface area (Å²) in [7, 11) is 3.09. The number of nitrogens with zero attached hydrogens (tertiary/aromatic N) is 1. The number of barbiturate groups is 1. The Morgan fingerprint density at radius 3 is 2.25 bits per heavy atom. The summed E-state index contributed by atoms with van der Waals surface area (Å²) >= 11 is 3.50. The molecule has 0 atom stereocenters. The Balaban J connectivity index is 1.53. The van der Waals surface area contributed by atoms with Gasteiger partial charge in [-0.05, 0) is 83.0 Å². The molecule has 4 amide bonds. The van der Waals surface area contributed by atoms with Crippen LogP contribution in [0.3, 0.4) is 0 Å². The van der Waals surface area contributed by atoms with E-state index in [1.807, 2.05) is 25.1 Å². The number of amides is 4. The molecule has 1 saturated heterocycles.